The van der Waals surface area contributed by atoms with Gasteiger partial charge in [-0.1, -0.05) is 12.1 Å². The quantitative estimate of drug-likeness (QED) is 0.245. The molecule has 3 aromatic carbocycles. The molecule has 3 rings (SSSR count). The lowest BCUT2D eigenvalue weighted by Crippen LogP contribution is -2.25. The number of hydrogen-bond donors (Lipinski definition) is 3. The van der Waals surface area contributed by atoms with Crippen LogP contribution in [0.2, 0.25) is 0 Å². The maximum Gasteiger partial charge on any atom is 0.397 e. The SMILES string of the molecule is CCOC(=O)C(=O)Nc1cc(C)c(Oc2ccc(O)c(CN(CCCN)Cc3cccc(F)c3)c2)c(C)c1. The summed E-state index contributed by atoms with van der Waals surface area (Å²) in [5, 5.41) is 13.1. The lowest BCUT2D eigenvalue weighted by Gasteiger charge is -2.23. The molecule has 38 heavy (non-hydrogen) atoms. The third-order valence-electron chi connectivity index (χ3n) is 5.82. The monoisotopic (exact) mass is 523 g/mol. The van der Waals surface area contributed by atoms with E-state index in [0.29, 0.717) is 48.9 Å². The van der Waals surface area contributed by atoms with E-state index in [0.717, 1.165) is 23.1 Å². The zero-order valence-corrected chi connectivity index (χ0v) is 21.9. The number of nitrogens with zero attached hydrogens (tertiary/aromatic N) is 1. The van der Waals surface area contributed by atoms with Crippen molar-refractivity contribution in [3.63, 3.8) is 0 Å². The van der Waals surface area contributed by atoms with E-state index in [9.17, 15) is 19.1 Å². The zero-order chi connectivity index (χ0) is 27.7. The Morgan fingerprint density at radius 1 is 1.05 bits per heavy atom. The average molecular weight is 524 g/mol. The normalized spacial score (nSPS) is 10.9. The van der Waals surface area contributed by atoms with Gasteiger partial charge in [-0.2, -0.15) is 0 Å². The Balaban J connectivity index is 1.77. The summed E-state index contributed by atoms with van der Waals surface area (Å²) in [5.41, 5.74) is 9.14. The van der Waals surface area contributed by atoms with Crippen molar-refractivity contribution in [3.05, 3.63) is 82.7 Å². The van der Waals surface area contributed by atoms with Crippen LogP contribution in [-0.2, 0) is 27.4 Å². The largest absolute Gasteiger partial charge is 0.508 e. The summed E-state index contributed by atoms with van der Waals surface area (Å²) in [6.07, 6.45) is 0.754. The number of carbonyl (C=O) groups excluding carboxylic acids is 2. The first-order valence-corrected chi connectivity index (χ1v) is 12.5. The average Bonchev–Trinajstić information content (AvgIpc) is 2.86. The zero-order valence-electron chi connectivity index (χ0n) is 21.9. The molecule has 0 aliphatic heterocycles. The van der Waals surface area contributed by atoms with E-state index in [1.165, 1.54) is 12.1 Å². The Kier molecular flexibility index (Phi) is 10.2. The van der Waals surface area contributed by atoms with Gasteiger partial charge in [0.25, 0.3) is 0 Å². The third-order valence-corrected chi connectivity index (χ3v) is 5.82. The molecule has 0 bridgehead atoms. The van der Waals surface area contributed by atoms with Crippen LogP contribution >= 0.6 is 0 Å². The van der Waals surface area contributed by atoms with Crippen molar-refractivity contribution in [3.8, 4) is 17.2 Å². The van der Waals surface area contributed by atoms with Gasteiger partial charge in [-0.25, -0.2) is 9.18 Å². The fraction of sp³-hybridized carbons (Fsp3) is 0.310. The number of nitrogens with two attached hydrogens (primary N) is 1. The van der Waals surface area contributed by atoms with Gasteiger partial charge in [0.15, 0.2) is 0 Å². The second-order valence-electron chi connectivity index (χ2n) is 8.99. The van der Waals surface area contributed by atoms with Crippen LogP contribution in [0.4, 0.5) is 10.1 Å². The van der Waals surface area contributed by atoms with Gasteiger partial charge in [-0.3, -0.25) is 9.69 Å². The Hall–Kier alpha value is -3.95. The van der Waals surface area contributed by atoms with Gasteiger partial charge in [-0.05, 0) is 92.9 Å². The van der Waals surface area contributed by atoms with E-state index in [1.807, 2.05) is 19.9 Å². The molecule has 0 aliphatic carbocycles. The number of aryl methyl sites for hydroxylation is 2. The number of halogens is 1. The Morgan fingerprint density at radius 2 is 1.79 bits per heavy atom. The van der Waals surface area contributed by atoms with E-state index < -0.39 is 11.9 Å². The highest BCUT2D eigenvalue weighted by atomic mass is 19.1. The topological polar surface area (TPSA) is 114 Å². The Morgan fingerprint density at radius 3 is 2.45 bits per heavy atom. The minimum Gasteiger partial charge on any atom is -0.508 e. The van der Waals surface area contributed by atoms with Gasteiger partial charge in [0.2, 0.25) is 0 Å². The number of amides is 1. The van der Waals surface area contributed by atoms with Crippen LogP contribution in [0.15, 0.2) is 54.6 Å². The molecular formula is C29H34FN3O5. The number of aromatic hydroxyl groups is 1. The predicted molar refractivity (Wildman–Crippen MR) is 144 cm³/mol. The van der Waals surface area contributed by atoms with Crippen LogP contribution in [0, 0.1) is 19.7 Å². The summed E-state index contributed by atoms with van der Waals surface area (Å²) in [6, 6.07) is 14.9. The molecule has 0 radical (unpaired) electrons. The van der Waals surface area contributed by atoms with Crippen molar-refractivity contribution in [1.82, 2.24) is 4.90 Å². The Bertz CT molecular complexity index is 1260. The first kappa shape index (κ1) is 28.6. The van der Waals surface area contributed by atoms with Crippen LogP contribution in [-0.4, -0.2) is 41.6 Å². The third kappa shape index (κ3) is 8.03. The predicted octanol–water partition coefficient (Wildman–Crippen LogP) is 4.79. The fourth-order valence-corrected chi connectivity index (χ4v) is 4.10. The standard InChI is InChI=1S/C29H34FN3O5/c1-4-37-29(36)28(35)32-24-13-19(2)27(20(3)14-24)38-25-9-10-26(34)22(16-25)18-33(12-6-11-31)17-21-7-5-8-23(30)15-21/h5,7-10,13-16,34H,4,6,11-12,17-18,31H2,1-3H3,(H,32,35). The van der Waals surface area contributed by atoms with Crippen LogP contribution in [0.5, 0.6) is 17.2 Å². The first-order valence-electron chi connectivity index (χ1n) is 12.5. The second kappa shape index (κ2) is 13.6. The number of hydrogen-bond acceptors (Lipinski definition) is 7. The molecule has 8 nitrogen and oxygen atoms in total. The van der Waals surface area contributed by atoms with Gasteiger partial charge in [0, 0.05) is 30.9 Å². The van der Waals surface area contributed by atoms with E-state index in [-0.39, 0.29) is 18.2 Å². The highest BCUT2D eigenvalue weighted by molar-refractivity contribution is 6.37. The number of phenolic OH excluding ortho intramolecular Hbond substituents is 1. The maximum atomic E-state index is 13.7. The van der Waals surface area contributed by atoms with Gasteiger partial charge < -0.3 is 25.6 Å². The van der Waals surface area contributed by atoms with E-state index in [2.05, 4.69) is 10.2 Å². The number of ether oxygens (including phenoxy) is 2. The highest BCUT2D eigenvalue weighted by Gasteiger charge is 2.17. The summed E-state index contributed by atoms with van der Waals surface area (Å²) >= 11 is 0. The number of phenols is 1. The summed E-state index contributed by atoms with van der Waals surface area (Å²) in [4.78, 5) is 25.7. The molecule has 0 spiro atoms. The Labute approximate surface area is 222 Å². The molecule has 3 aromatic rings. The number of rotatable bonds is 11. The van der Waals surface area contributed by atoms with Crippen molar-refractivity contribution in [1.29, 1.82) is 0 Å². The van der Waals surface area contributed by atoms with Crippen molar-refractivity contribution >= 4 is 17.6 Å². The fourth-order valence-electron chi connectivity index (χ4n) is 4.10. The maximum absolute atomic E-state index is 13.7. The molecule has 0 saturated carbocycles. The summed E-state index contributed by atoms with van der Waals surface area (Å²) in [6.45, 7) is 7.51. The van der Waals surface area contributed by atoms with Gasteiger partial charge >= 0.3 is 11.9 Å². The first-order chi connectivity index (χ1) is 18.2. The molecule has 0 heterocycles. The van der Waals surface area contributed by atoms with Crippen LogP contribution in [0.3, 0.4) is 0 Å². The van der Waals surface area contributed by atoms with Gasteiger partial charge in [-0.15, -0.1) is 0 Å². The minimum absolute atomic E-state index is 0.112. The highest BCUT2D eigenvalue weighted by Crippen LogP contribution is 2.34. The second-order valence-corrected chi connectivity index (χ2v) is 8.99. The molecule has 0 saturated heterocycles. The van der Waals surface area contributed by atoms with E-state index in [1.54, 1.807) is 43.3 Å². The number of esters is 1. The molecule has 0 unspecified atom stereocenters. The summed E-state index contributed by atoms with van der Waals surface area (Å²) in [5.74, 6) is -0.846. The molecule has 1 amide bonds. The molecule has 0 aromatic heterocycles. The van der Waals surface area contributed by atoms with Crippen molar-refractivity contribution in [2.75, 3.05) is 25.0 Å². The lowest BCUT2D eigenvalue weighted by atomic mass is 10.1. The van der Waals surface area contributed by atoms with E-state index >= 15 is 0 Å². The van der Waals surface area contributed by atoms with Gasteiger partial charge in [0.05, 0.1) is 6.61 Å². The number of nitrogens with one attached hydrogen (secondary N) is 1. The molecule has 202 valence electrons. The number of benzene rings is 3. The molecule has 9 heteroatoms. The van der Waals surface area contributed by atoms with E-state index in [4.69, 9.17) is 15.2 Å². The van der Waals surface area contributed by atoms with Gasteiger partial charge in [0.1, 0.15) is 23.1 Å². The van der Waals surface area contributed by atoms with Crippen molar-refractivity contribution in [2.24, 2.45) is 5.73 Å². The lowest BCUT2D eigenvalue weighted by molar-refractivity contribution is -0.152. The molecule has 0 atom stereocenters. The molecule has 0 aliphatic rings. The number of anilines is 1. The molecular weight excluding hydrogens is 489 g/mol. The van der Waals surface area contributed by atoms with Crippen molar-refractivity contribution in [2.45, 2.75) is 40.3 Å². The minimum atomic E-state index is -0.947. The van der Waals surface area contributed by atoms with Crippen LogP contribution < -0.4 is 15.8 Å². The van der Waals surface area contributed by atoms with Crippen LogP contribution in [0.25, 0.3) is 0 Å². The van der Waals surface area contributed by atoms with Crippen molar-refractivity contribution < 1.29 is 28.6 Å². The summed E-state index contributed by atoms with van der Waals surface area (Å²) in [7, 11) is 0. The molecule has 0 fully saturated rings. The van der Waals surface area contributed by atoms with Crippen LogP contribution in [0.1, 0.15) is 35.6 Å². The molecule has 4 N–H and O–H groups in total. The smallest absolute Gasteiger partial charge is 0.397 e. The summed E-state index contributed by atoms with van der Waals surface area (Å²) < 4.78 is 24.6. The number of carbonyl (C=O) groups is 2.